The second kappa shape index (κ2) is 3.53. The molecule has 2 N–H and O–H groups in total. The molecule has 10 heavy (non-hydrogen) atoms. The van der Waals surface area contributed by atoms with Crippen LogP contribution < -0.4 is 5.73 Å². The summed E-state index contributed by atoms with van der Waals surface area (Å²) in [5.41, 5.74) is 5.12. The van der Waals surface area contributed by atoms with Crippen molar-refractivity contribution < 1.29 is 4.79 Å². The fraction of sp³-hybridized carbons (Fsp3) is 0.833. The highest BCUT2D eigenvalue weighted by Gasteiger charge is 2.18. The number of likely N-dealkylation sites (N-methyl/N-ethyl adjacent to an activating group) is 2. The number of nitrogens with zero attached hydrogens (tertiary/aromatic N) is 2. The van der Waals surface area contributed by atoms with Gasteiger partial charge >= 0.3 is 0 Å². The highest BCUT2D eigenvalue weighted by Crippen LogP contribution is 1.94. The lowest BCUT2D eigenvalue weighted by atomic mass is 10.4. The summed E-state index contributed by atoms with van der Waals surface area (Å²) in [4.78, 5) is 14.3. The molecule has 0 unspecified atom stereocenters. The maximum Gasteiger partial charge on any atom is 0.249 e. The monoisotopic (exact) mass is 145 g/mol. The first-order valence-electron chi connectivity index (χ1n) is 3.09. The zero-order valence-corrected chi connectivity index (χ0v) is 6.96. The van der Waals surface area contributed by atoms with Gasteiger partial charge in [-0.1, -0.05) is 0 Å². The maximum atomic E-state index is 10.7. The largest absolute Gasteiger partial charge is 0.367 e. The molecule has 0 rings (SSSR count). The van der Waals surface area contributed by atoms with Crippen molar-refractivity contribution in [1.29, 1.82) is 0 Å². The molecule has 60 valence electrons. The van der Waals surface area contributed by atoms with E-state index in [1.807, 2.05) is 28.2 Å². The van der Waals surface area contributed by atoms with Crippen molar-refractivity contribution in [3.05, 3.63) is 0 Å². The summed E-state index contributed by atoms with van der Waals surface area (Å²) in [6, 6.07) is 0. The van der Waals surface area contributed by atoms with E-state index in [1.165, 1.54) is 0 Å². The summed E-state index contributed by atoms with van der Waals surface area (Å²) in [5, 5.41) is 0. The Bertz CT molecular complexity index is 114. The number of rotatable bonds is 3. The number of carbonyl (C=O) groups is 1. The van der Waals surface area contributed by atoms with Gasteiger partial charge in [-0.25, -0.2) is 0 Å². The van der Waals surface area contributed by atoms with Crippen LogP contribution in [0.5, 0.6) is 0 Å². The van der Waals surface area contributed by atoms with Crippen molar-refractivity contribution in [1.82, 2.24) is 9.80 Å². The van der Waals surface area contributed by atoms with Crippen LogP contribution in [0.25, 0.3) is 0 Å². The summed E-state index contributed by atoms with van der Waals surface area (Å²) >= 11 is 0. The molecule has 4 nitrogen and oxygen atoms in total. The van der Waals surface area contributed by atoms with Crippen molar-refractivity contribution >= 4 is 5.91 Å². The average Bonchev–Trinajstić information content (AvgIpc) is 1.59. The van der Waals surface area contributed by atoms with Crippen molar-refractivity contribution in [3.8, 4) is 0 Å². The Kier molecular flexibility index (Phi) is 3.32. The van der Waals surface area contributed by atoms with Crippen molar-refractivity contribution in [2.24, 2.45) is 5.73 Å². The highest BCUT2D eigenvalue weighted by molar-refractivity contribution is 5.79. The topological polar surface area (TPSA) is 49.6 Å². The smallest absolute Gasteiger partial charge is 0.249 e. The molecule has 0 radical (unpaired) electrons. The lowest BCUT2D eigenvalue weighted by molar-refractivity contribution is -0.127. The Balaban J connectivity index is 4.12. The van der Waals surface area contributed by atoms with Crippen LogP contribution in [0.3, 0.4) is 0 Å². The molecule has 0 saturated heterocycles. The summed E-state index contributed by atoms with van der Waals surface area (Å²) in [6.07, 6.45) is -0.306. The van der Waals surface area contributed by atoms with E-state index in [-0.39, 0.29) is 12.1 Å². The van der Waals surface area contributed by atoms with E-state index in [0.717, 1.165) is 0 Å². The number of hydrogen-bond acceptors (Lipinski definition) is 3. The first-order chi connectivity index (χ1) is 4.46. The van der Waals surface area contributed by atoms with Crippen LogP contribution >= 0.6 is 0 Å². The van der Waals surface area contributed by atoms with Gasteiger partial charge in [0.25, 0.3) is 0 Å². The molecular weight excluding hydrogens is 130 g/mol. The molecule has 1 amide bonds. The van der Waals surface area contributed by atoms with Gasteiger partial charge in [-0.05, 0) is 28.2 Å². The molecule has 0 fully saturated rings. The quantitative estimate of drug-likeness (QED) is 0.514. The predicted octanol–water partition coefficient (Wildman–Crippen LogP) is -1.08. The van der Waals surface area contributed by atoms with E-state index in [4.69, 9.17) is 5.73 Å². The summed E-state index contributed by atoms with van der Waals surface area (Å²) < 4.78 is 0. The van der Waals surface area contributed by atoms with Crippen molar-refractivity contribution in [3.63, 3.8) is 0 Å². The van der Waals surface area contributed by atoms with Gasteiger partial charge in [0.2, 0.25) is 5.91 Å². The van der Waals surface area contributed by atoms with E-state index >= 15 is 0 Å². The zero-order chi connectivity index (χ0) is 8.31. The van der Waals surface area contributed by atoms with Crippen LogP contribution in [0.15, 0.2) is 0 Å². The molecule has 4 heteroatoms. The standard InChI is InChI=1S/C6H15N3O/c1-8(2)6(5(7)10)9(3)4/h6H,1-4H3,(H2,7,10). The first kappa shape index (κ1) is 9.39. The van der Waals surface area contributed by atoms with E-state index in [0.29, 0.717) is 0 Å². The van der Waals surface area contributed by atoms with Gasteiger partial charge in [0.05, 0.1) is 0 Å². The van der Waals surface area contributed by atoms with Gasteiger partial charge in [0.15, 0.2) is 0 Å². The normalized spacial score (nSPS) is 11.5. The third-order valence-corrected chi connectivity index (χ3v) is 1.23. The minimum Gasteiger partial charge on any atom is -0.367 e. The number of amides is 1. The molecule has 0 aromatic rings. The van der Waals surface area contributed by atoms with Gasteiger partial charge in [-0.15, -0.1) is 0 Å². The third-order valence-electron chi connectivity index (χ3n) is 1.23. The molecule has 0 spiro atoms. The molecule has 0 aliphatic rings. The fourth-order valence-corrected chi connectivity index (χ4v) is 0.971. The SMILES string of the molecule is CN(C)C(C(N)=O)N(C)C. The predicted molar refractivity (Wildman–Crippen MR) is 40.4 cm³/mol. The van der Waals surface area contributed by atoms with E-state index in [2.05, 4.69) is 0 Å². The second-order valence-corrected chi connectivity index (χ2v) is 2.70. The second-order valence-electron chi connectivity index (χ2n) is 2.70. The van der Waals surface area contributed by atoms with Crippen LogP contribution in [0, 0.1) is 0 Å². The zero-order valence-electron chi connectivity index (χ0n) is 6.96. The lowest BCUT2D eigenvalue weighted by Crippen LogP contribution is -2.49. The molecular formula is C6H15N3O. The molecule has 0 aliphatic carbocycles. The Hall–Kier alpha value is -0.610. The Morgan fingerprint density at radius 3 is 1.50 bits per heavy atom. The maximum absolute atomic E-state index is 10.7. The third kappa shape index (κ3) is 2.33. The number of carbonyl (C=O) groups excluding carboxylic acids is 1. The van der Waals surface area contributed by atoms with E-state index in [1.54, 1.807) is 9.80 Å². The summed E-state index contributed by atoms with van der Waals surface area (Å²) in [5.74, 6) is -0.324. The van der Waals surface area contributed by atoms with Crippen molar-refractivity contribution in [2.45, 2.75) is 6.17 Å². The van der Waals surface area contributed by atoms with Gasteiger partial charge in [-0.3, -0.25) is 14.6 Å². The fourth-order valence-electron chi connectivity index (χ4n) is 0.971. The Morgan fingerprint density at radius 1 is 1.20 bits per heavy atom. The summed E-state index contributed by atoms with van der Waals surface area (Å²) in [7, 11) is 7.26. The Labute approximate surface area is 61.6 Å². The van der Waals surface area contributed by atoms with Crippen LogP contribution in [-0.2, 0) is 4.79 Å². The van der Waals surface area contributed by atoms with Crippen LogP contribution in [-0.4, -0.2) is 50.1 Å². The van der Waals surface area contributed by atoms with Crippen molar-refractivity contribution in [2.75, 3.05) is 28.2 Å². The molecule has 0 atom stereocenters. The molecule has 0 bridgehead atoms. The van der Waals surface area contributed by atoms with Gasteiger partial charge < -0.3 is 5.73 Å². The minimum atomic E-state index is -0.324. The first-order valence-corrected chi connectivity index (χ1v) is 3.09. The van der Waals surface area contributed by atoms with E-state index < -0.39 is 0 Å². The molecule has 0 aliphatic heterocycles. The van der Waals surface area contributed by atoms with E-state index in [9.17, 15) is 4.79 Å². The number of hydrogen-bond donors (Lipinski definition) is 1. The molecule has 0 heterocycles. The van der Waals surface area contributed by atoms with Gasteiger partial charge in [0, 0.05) is 0 Å². The van der Waals surface area contributed by atoms with Crippen LogP contribution in [0.1, 0.15) is 0 Å². The van der Waals surface area contributed by atoms with Crippen LogP contribution in [0.2, 0.25) is 0 Å². The van der Waals surface area contributed by atoms with Gasteiger partial charge in [0.1, 0.15) is 6.17 Å². The average molecular weight is 145 g/mol. The lowest BCUT2D eigenvalue weighted by Gasteiger charge is -2.26. The summed E-state index contributed by atoms with van der Waals surface area (Å²) in [6.45, 7) is 0. The minimum absolute atomic E-state index is 0.306. The molecule has 0 aromatic heterocycles. The molecule has 0 aromatic carbocycles. The molecule has 0 saturated carbocycles. The number of nitrogens with two attached hydrogens (primary N) is 1. The van der Waals surface area contributed by atoms with Crippen LogP contribution in [0.4, 0.5) is 0 Å². The number of primary amides is 1. The Morgan fingerprint density at radius 2 is 1.50 bits per heavy atom. The van der Waals surface area contributed by atoms with Gasteiger partial charge in [-0.2, -0.15) is 0 Å². The highest BCUT2D eigenvalue weighted by atomic mass is 16.1.